The van der Waals surface area contributed by atoms with E-state index in [0.29, 0.717) is 39.6 Å². The summed E-state index contributed by atoms with van der Waals surface area (Å²) in [6.45, 7) is 5.55. The van der Waals surface area contributed by atoms with Crippen molar-refractivity contribution in [3.63, 3.8) is 0 Å². The second-order valence-electron chi connectivity index (χ2n) is 7.41. The number of nitrogens with zero attached hydrogens (tertiary/aromatic N) is 7. The molecular weight excluding hydrogens is 439 g/mol. The smallest absolute Gasteiger partial charge is 0.338 e. The number of hydrogen-bond acceptors (Lipinski definition) is 8. The minimum atomic E-state index is -4.40. The first kappa shape index (κ1) is 22.4. The molecule has 7 nitrogen and oxygen atoms in total. The van der Waals surface area contributed by atoms with Crippen LogP contribution in [0.1, 0.15) is 18.3 Å². The van der Waals surface area contributed by atoms with E-state index in [2.05, 4.69) is 41.8 Å². The van der Waals surface area contributed by atoms with E-state index in [-0.39, 0.29) is 0 Å². The van der Waals surface area contributed by atoms with Gasteiger partial charge in [0.1, 0.15) is 5.82 Å². The van der Waals surface area contributed by atoms with Crippen LogP contribution >= 0.6 is 11.8 Å². The molecule has 0 amide bonds. The summed E-state index contributed by atoms with van der Waals surface area (Å²) in [4.78, 5) is 26.6. The van der Waals surface area contributed by atoms with Crippen molar-refractivity contribution in [3.8, 4) is 11.1 Å². The molecule has 1 aliphatic rings. The van der Waals surface area contributed by atoms with E-state index in [4.69, 9.17) is 0 Å². The standard InChI is InChI=1S/C21H22F3N7S/c1-3-17-27-18(31-9-7-30(2)8-10-31)29-20(28-17)32-19-25-12-15(13-26-19)14-5-4-6-16(11-14)21(22,23)24/h4-6,11-13H,3,7-10H2,1-2H3. The third-order valence-corrected chi connectivity index (χ3v) is 5.84. The lowest BCUT2D eigenvalue weighted by Crippen LogP contribution is -2.45. The van der Waals surface area contributed by atoms with Gasteiger partial charge in [-0.05, 0) is 36.5 Å². The molecule has 3 heterocycles. The Labute approximate surface area is 188 Å². The molecule has 0 spiro atoms. The summed E-state index contributed by atoms with van der Waals surface area (Å²) in [5.41, 5.74) is 0.202. The molecule has 1 saturated heterocycles. The fourth-order valence-electron chi connectivity index (χ4n) is 3.21. The zero-order valence-electron chi connectivity index (χ0n) is 17.7. The number of aromatic nitrogens is 5. The Bertz CT molecular complexity index is 1070. The molecule has 0 atom stereocenters. The van der Waals surface area contributed by atoms with Gasteiger partial charge >= 0.3 is 6.18 Å². The predicted octanol–water partition coefficient (Wildman–Crippen LogP) is 3.81. The van der Waals surface area contributed by atoms with Gasteiger partial charge in [0.2, 0.25) is 11.1 Å². The number of likely N-dealkylation sites (N-methyl/N-ethyl adjacent to an activating group) is 1. The average Bonchev–Trinajstić information content (AvgIpc) is 2.79. The molecule has 0 bridgehead atoms. The van der Waals surface area contributed by atoms with E-state index < -0.39 is 11.7 Å². The highest BCUT2D eigenvalue weighted by Crippen LogP contribution is 2.32. The van der Waals surface area contributed by atoms with E-state index in [9.17, 15) is 13.2 Å². The lowest BCUT2D eigenvalue weighted by atomic mass is 10.1. The van der Waals surface area contributed by atoms with Gasteiger partial charge in [-0.2, -0.15) is 23.1 Å². The summed E-state index contributed by atoms with van der Waals surface area (Å²) in [6, 6.07) is 5.10. The molecule has 1 aromatic carbocycles. The van der Waals surface area contributed by atoms with Gasteiger partial charge in [0.05, 0.1) is 5.56 Å². The van der Waals surface area contributed by atoms with E-state index in [1.54, 1.807) is 6.07 Å². The molecule has 168 valence electrons. The molecule has 1 aliphatic heterocycles. The maximum atomic E-state index is 13.0. The number of anilines is 1. The fraction of sp³-hybridized carbons (Fsp3) is 0.381. The van der Waals surface area contributed by atoms with Crippen molar-refractivity contribution in [1.29, 1.82) is 0 Å². The second kappa shape index (κ2) is 9.37. The molecule has 1 fully saturated rings. The highest BCUT2D eigenvalue weighted by molar-refractivity contribution is 7.99. The Hall–Kier alpha value is -2.79. The molecule has 0 radical (unpaired) electrons. The second-order valence-corrected chi connectivity index (χ2v) is 8.35. The van der Waals surface area contributed by atoms with Crippen LogP contribution in [0, 0.1) is 0 Å². The number of rotatable bonds is 5. The van der Waals surface area contributed by atoms with Crippen molar-refractivity contribution in [1.82, 2.24) is 29.8 Å². The quantitative estimate of drug-likeness (QED) is 0.532. The minimum absolute atomic E-state index is 0.405. The van der Waals surface area contributed by atoms with Crippen LogP contribution in [0.5, 0.6) is 0 Å². The van der Waals surface area contributed by atoms with Gasteiger partial charge in [0.15, 0.2) is 5.16 Å². The average molecular weight is 462 g/mol. The van der Waals surface area contributed by atoms with Gasteiger partial charge < -0.3 is 9.80 Å². The predicted molar refractivity (Wildman–Crippen MR) is 116 cm³/mol. The van der Waals surface area contributed by atoms with Crippen LogP contribution < -0.4 is 4.90 Å². The van der Waals surface area contributed by atoms with Crippen LogP contribution in [0.25, 0.3) is 11.1 Å². The summed E-state index contributed by atoms with van der Waals surface area (Å²) in [7, 11) is 2.09. The zero-order chi connectivity index (χ0) is 22.7. The number of halogens is 3. The van der Waals surface area contributed by atoms with E-state index in [1.807, 2.05) is 6.92 Å². The number of alkyl halides is 3. The van der Waals surface area contributed by atoms with E-state index in [0.717, 1.165) is 38.3 Å². The maximum Gasteiger partial charge on any atom is 0.416 e. The number of aryl methyl sites for hydroxylation is 1. The summed E-state index contributed by atoms with van der Waals surface area (Å²) >= 11 is 1.21. The zero-order valence-corrected chi connectivity index (χ0v) is 18.5. The molecule has 0 saturated carbocycles. The molecule has 0 unspecified atom stereocenters. The minimum Gasteiger partial charge on any atom is -0.338 e. The topological polar surface area (TPSA) is 70.9 Å². The molecular formula is C21H22F3N7S. The third kappa shape index (κ3) is 5.33. The Kier molecular flexibility index (Phi) is 6.56. The van der Waals surface area contributed by atoms with Gasteiger partial charge in [-0.15, -0.1) is 0 Å². The molecule has 4 rings (SSSR count). The Morgan fingerprint density at radius 2 is 1.66 bits per heavy atom. The first-order valence-corrected chi connectivity index (χ1v) is 11.0. The lowest BCUT2D eigenvalue weighted by molar-refractivity contribution is -0.137. The molecule has 2 aromatic heterocycles. The Morgan fingerprint density at radius 3 is 2.31 bits per heavy atom. The van der Waals surface area contributed by atoms with Crippen molar-refractivity contribution >= 4 is 17.7 Å². The van der Waals surface area contributed by atoms with Gasteiger partial charge in [-0.3, -0.25) is 0 Å². The summed E-state index contributed by atoms with van der Waals surface area (Å²) < 4.78 is 38.9. The highest BCUT2D eigenvalue weighted by atomic mass is 32.2. The lowest BCUT2D eigenvalue weighted by Gasteiger charge is -2.32. The van der Waals surface area contributed by atoms with Gasteiger partial charge in [-0.1, -0.05) is 19.1 Å². The first-order valence-electron chi connectivity index (χ1n) is 10.2. The van der Waals surface area contributed by atoms with Crippen LogP contribution in [0.15, 0.2) is 47.0 Å². The van der Waals surface area contributed by atoms with Crippen LogP contribution in [-0.2, 0) is 12.6 Å². The molecule has 32 heavy (non-hydrogen) atoms. The summed E-state index contributed by atoms with van der Waals surface area (Å²) in [5, 5.41) is 0.913. The molecule has 0 N–H and O–H groups in total. The Morgan fingerprint density at radius 1 is 0.938 bits per heavy atom. The molecule has 11 heteroatoms. The summed E-state index contributed by atoms with van der Waals surface area (Å²) in [5.74, 6) is 1.34. The van der Waals surface area contributed by atoms with Crippen molar-refractivity contribution in [2.24, 2.45) is 0 Å². The molecule has 3 aromatic rings. The van der Waals surface area contributed by atoms with Crippen molar-refractivity contribution in [2.75, 3.05) is 38.1 Å². The number of hydrogen-bond donors (Lipinski definition) is 0. The van der Waals surface area contributed by atoms with Crippen LogP contribution in [0.4, 0.5) is 19.1 Å². The van der Waals surface area contributed by atoms with Gasteiger partial charge in [-0.25, -0.2) is 15.0 Å². The van der Waals surface area contributed by atoms with E-state index in [1.165, 1.54) is 30.2 Å². The normalized spacial score (nSPS) is 15.2. The van der Waals surface area contributed by atoms with E-state index >= 15 is 0 Å². The van der Waals surface area contributed by atoms with Crippen LogP contribution in [0.3, 0.4) is 0 Å². The number of piperazine rings is 1. The number of benzene rings is 1. The fourth-order valence-corrected chi connectivity index (χ4v) is 3.87. The third-order valence-electron chi connectivity index (χ3n) is 5.09. The van der Waals surface area contributed by atoms with Crippen LogP contribution in [-0.4, -0.2) is 63.0 Å². The maximum absolute atomic E-state index is 13.0. The SMILES string of the molecule is CCc1nc(Sc2ncc(-c3cccc(C(F)(F)F)c3)cn2)nc(N2CCN(C)CC2)n1. The monoisotopic (exact) mass is 461 g/mol. The van der Waals surface area contributed by atoms with Crippen LogP contribution in [0.2, 0.25) is 0 Å². The van der Waals surface area contributed by atoms with Gasteiger partial charge in [0, 0.05) is 50.6 Å². The summed E-state index contributed by atoms with van der Waals surface area (Å²) in [6.07, 6.45) is -0.710. The highest BCUT2D eigenvalue weighted by Gasteiger charge is 2.30. The molecule has 0 aliphatic carbocycles. The largest absolute Gasteiger partial charge is 0.416 e. The first-order chi connectivity index (χ1) is 15.3. The van der Waals surface area contributed by atoms with Crippen molar-refractivity contribution < 1.29 is 13.2 Å². The van der Waals surface area contributed by atoms with Crippen molar-refractivity contribution in [2.45, 2.75) is 29.8 Å². The van der Waals surface area contributed by atoms with Crippen molar-refractivity contribution in [3.05, 3.63) is 48.0 Å². The van der Waals surface area contributed by atoms with Gasteiger partial charge in [0.25, 0.3) is 0 Å². The Balaban J connectivity index is 1.53.